The molecule has 1 amide bonds. The molecule has 2 rings (SSSR count). The molecule has 0 aromatic carbocycles. The first kappa shape index (κ1) is 13.3. The largest absolute Gasteiger partial charge is 0.481 e. The molecule has 0 aromatic rings. The summed E-state index contributed by atoms with van der Waals surface area (Å²) in [4.78, 5) is 26.4. The van der Waals surface area contributed by atoms with Gasteiger partial charge in [-0.3, -0.25) is 14.5 Å². The van der Waals surface area contributed by atoms with Crippen LogP contribution in [0.1, 0.15) is 13.8 Å². The van der Waals surface area contributed by atoms with Gasteiger partial charge in [-0.25, -0.2) is 0 Å². The quantitative estimate of drug-likeness (QED) is 0.746. The molecule has 0 radical (unpaired) electrons. The van der Waals surface area contributed by atoms with Crippen molar-refractivity contribution in [2.24, 2.45) is 5.92 Å². The molecule has 0 aromatic heterocycles. The SMILES string of the molecule is CC1CN(C(=O)CN2CC(C(=O)O)C2)CC(C)O1. The molecule has 6 heteroatoms. The van der Waals surface area contributed by atoms with E-state index in [1.165, 1.54) is 0 Å². The van der Waals surface area contributed by atoms with E-state index in [1.54, 1.807) is 0 Å². The Labute approximate surface area is 106 Å². The second-order valence-electron chi connectivity index (χ2n) is 5.29. The third-order valence-electron chi connectivity index (χ3n) is 3.44. The number of nitrogens with zero attached hydrogens (tertiary/aromatic N) is 2. The van der Waals surface area contributed by atoms with Crippen molar-refractivity contribution in [3.05, 3.63) is 0 Å². The van der Waals surface area contributed by atoms with E-state index >= 15 is 0 Å². The predicted molar refractivity (Wildman–Crippen MR) is 64.2 cm³/mol. The minimum absolute atomic E-state index is 0.0702. The van der Waals surface area contributed by atoms with E-state index in [1.807, 2.05) is 23.6 Å². The molecule has 0 aliphatic carbocycles. The van der Waals surface area contributed by atoms with Gasteiger partial charge in [-0.05, 0) is 13.8 Å². The summed E-state index contributed by atoms with van der Waals surface area (Å²) in [6, 6.07) is 0. The van der Waals surface area contributed by atoms with Crippen LogP contribution in [-0.2, 0) is 14.3 Å². The van der Waals surface area contributed by atoms with Gasteiger partial charge in [-0.2, -0.15) is 0 Å². The van der Waals surface area contributed by atoms with Gasteiger partial charge in [0.05, 0.1) is 24.7 Å². The molecule has 102 valence electrons. The van der Waals surface area contributed by atoms with Crippen LogP contribution in [0.5, 0.6) is 0 Å². The summed E-state index contributed by atoms with van der Waals surface area (Å²) in [7, 11) is 0. The monoisotopic (exact) mass is 256 g/mol. The summed E-state index contributed by atoms with van der Waals surface area (Å²) < 4.78 is 5.58. The number of carbonyl (C=O) groups is 2. The Kier molecular flexibility index (Phi) is 3.87. The predicted octanol–water partition coefficient (Wildman–Crippen LogP) is -0.361. The second kappa shape index (κ2) is 5.24. The van der Waals surface area contributed by atoms with E-state index in [0.717, 1.165) is 0 Å². The second-order valence-corrected chi connectivity index (χ2v) is 5.29. The van der Waals surface area contributed by atoms with Gasteiger partial charge in [0, 0.05) is 26.2 Å². The molecule has 2 aliphatic heterocycles. The highest BCUT2D eigenvalue weighted by Crippen LogP contribution is 2.16. The first-order chi connectivity index (χ1) is 8.45. The fraction of sp³-hybridized carbons (Fsp3) is 0.833. The molecule has 0 bridgehead atoms. The van der Waals surface area contributed by atoms with Gasteiger partial charge < -0.3 is 14.7 Å². The van der Waals surface area contributed by atoms with E-state index in [4.69, 9.17) is 9.84 Å². The molecule has 2 saturated heterocycles. The smallest absolute Gasteiger partial charge is 0.309 e. The normalized spacial score (nSPS) is 30.0. The molecule has 2 atom stereocenters. The number of likely N-dealkylation sites (tertiary alicyclic amines) is 1. The number of carboxylic acid groups (broad SMARTS) is 1. The van der Waals surface area contributed by atoms with Crippen molar-refractivity contribution in [3.63, 3.8) is 0 Å². The van der Waals surface area contributed by atoms with Crippen LogP contribution < -0.4 is 0 Å². The zero-order chi connectivity index (χ0) is 13.3. The number of ether oxygens (including phenoxy) is 1. The average molecular weight is 256 g/mol. The standard InChI is InChI=1S/C12H20N2O4/c1-8-3-14(4-9(2)18-8)11(15)7-13-5-10(6-13)12(16)17/h8-10H,3-7H2,1-2H3,(H,16,17). The first-order valence-corrected chi connectivity index (χ1v) is 6.34. The maximum atomic E-state index is 12.1. The van der Waals surface area contributed by atoms with Crippen molar-refractivity contribution in [1.29, 1.82) is 0 Å². The van der Waals surface area contributed by atoms with Crippen molar-refractivity contribution in [2.45, 2.75) is 26.1 Å². The molecule has 6 nitrogen and oxygen atoms in total. The highest BCUT2D eigenvalue weighted by atomic mass is 16.5. The number of morpholine rings is 1. The molecule has 2 fully saturated rings. The maximum Gasteiger partial charge on any atom is 0.309 e. The number of carboxylic acids is 1. The molecular weight excluding hydrogens is 236 g/mol. The van der Waals surface area contributed by atoms with Gasteiger partial charge in [-0.15, -0.1) is 0 Å². The molecule has 0 saturated carbocycles. The Morgan fingerprint density at radius 1 is 1.17 bits per heavy atom. The maximum absolute atomic E-state index is 12.1. The van der Waals surface area contributed by atoms with Crippen LogP contribution in [0.2, 0.25) is 0 Å². The zero-order valence-corrected chi connectivity index (χ0v) is 10.8. The van der Waals surface area contributed by atoms with Crippen LogP contribution in [0.15, 0.2) is 0 Å². The molecule has 1 N–H and O–H groups in total. The van der Waals surface area contributed by atoms with Crippen LogP contribution in [0.3, 0.4) is 0 Å². The fourth-order valence-electron chi connectivity index (χ4n) is 2.53. The van der Waals surface area contributed by atoms with E-state index in [-0.39, 0.29) is 24.0 Å². The molecule has 2 unspecified atom stereocenters. The Hall–Kier alpha value is -1.14. The summed E-state index contributed by atoms with van der Waals surface area (Å²) in [5.41, 5.74) is 0. The van der Waals surface area contributed by atoms with Crippen molar-refractivity contribution < 1.29 is 19.4 Å². The zero-order valence-electron chi connectivity index (χ0n) is 10.8. The van der Waals surface area contributed by atoms with Crippen LogP contribution in [0.25, 0.3) is 0 Å². The highest BCUT2D eigenvalue weighted by molar-refractivity contribution is 5.79. The lowest BCUT2D eigenvalue weighted by Gasteiger charge is -2.40. The Balaban J connectivity index is 1.77. The minimum atomic E-state index is -0.771. The van der Waals surface area contributed by atoms with Gasteiger partial charge in [0.15, 0.2) is 0 Å². The number of rotatable bonds is 3. The molecule has 2 heterocycles. The molecule has 0 spiro atoms. The summed E-state index contributed by atoms with van der Waals surface area (Å²) in [5, 5.41) is 8.76. The van der Waals surface area contributed by atoms with Gasteiger partial charge in [0.2, 0.25) is 5.91 Å². The third kappa shape index (κ3) is 3.00. The number of aliphatic carboxylic acids is 1. The van der Waals surface area contributed by atoms with Crippen LogP contribution in [0, 0.1) is 5.92 Å². The van der Waals surface area contributed by atoms with Gasteiger partial charge >= 0.3 is 5.97 Å². The van der Waals surface area contributed by atoms with Crippen LogP contribution in [-0.4, -0.2) is 71.7 Å². The Morgan fingerprint density at radius 2 is 1.72 bits per heavy atom. The lowest BCUT2D eigenvalue weighted by atomic mass is 10.0. The number of hydrogen-bond acceptors (Lipinski definition) is 4. The topological polar surface area (TPSA) is 70.1 Å². The van der Waals surface area contributed by atoms with Gasteiger partial charge in [-0.1, -0.05) is 0 Å². The summed E-state index contributed by atoms with van der Waals surface area (Å²) in [6.45, 7) is 6.45. The van der Waals surface area contributed by atoms with Crippen molar-refractivity contribution in [3.8, 4) is 0 Å². The lowest BCUT2D eigenvalue weighted by molar-refractivity contribution is -0.153. The van der Waals surface area contributed by atoms with E-state index < -0.39 is 5.97 Å². The molecule has 18 heavy (non-hydrogen) atoms. The van der Waals surface area contributed by atoms with Crippen LogP contribution >= 0.6 is 0 Å². The van der Waals surface area contributed by atoms with Crippen molar-refractivity contribution in [2.75, 3.05) is 32.7 Å². The Morgan fingerprint density at radius 3 is 2.22 bits per heavy atom. The summed E-state index contributed by atoms with van der Waals surface area (Å²) in [6.07, 6.45) is 0.140. The van der Waals surface area contributed by atoms with Crippen LogP contribution in [0.4, 0.5) is 0 Å². The summed E-state index contributed by atoms with van der Waals surface area (Å²) in [5.74, 6) is -1.01. The number of amides is 1. The third-order valence-corrected chi connectivity index (χ3v) is 3.44. The van der Waals surface area contributed by atoms with E-state index in [0.29, 0.717) is 32.7 Å². The number of carbonyl (C=O) groups excluding carboxylic acids is 1. The van der Waals surface area contributed by atoms with Crippen molar-refractivity contribution in [1.82, 2.24) is 9.80 Å². The lowest BCUT2D eigenvalue weighted by Crippen LogP contribution is -2.56. The van der Waals surface area contributed by atoms with Crippen molar-refractivity contribution >= 4 is 11.9 Å². The molecule has 2 aliphatic rings. The average Bonchev–Trinajstić information content (AvgIpc) is 2.20. The fourth-order valence-corrected chi connectivity index (χ4v) is 2.53. The molecular formula is C12H20N2O4. The Bertz CT molecular complexity index is 331. The van der Waals surface area contributed by atoms with Gasteiger partial charge in [0.1, 0.15) is 0 Å². The van der Waals surface area contributed by atoms with E-state index in [9.17, 15) is 9.59 Å². The van der Waals surface area contributed by atoms with Gasteiger partial charge in [0.25, 0.3) is 0 Å². The highest BCUT2D eigenvalue weighted by Gasteiger charge is 2.35. The summed E-state index contributed by atoms with van der Waals surface area (Å²) >= 11 is 0. The minimum Gasteiger partial charge on any atom is -0.481 e. The van der Waals surface area contributed by atoms with E-state index in [2.05, 4.69) is 0 Å². The first-order valence-electron chi connectivity index (χ1n) is 6.34. The number of hydrogen-bond donors (Lipinski definition) is 1.